The Morgan fingerprint density at radius 3 is 2.29 bits per heavy atom. The summed E-state index contributed by atoms with van der Waals surface area (Å²) in [6.07, 6.45) is 5.40. The predicted molar refractivity (Wildman–Crippen MR) is 87.6 cm³/mol. The summed E-state index contributed by atoms with van der Waals surface area (Å²) in [5.74, 6) is 0.752. The molecule has 0 unspecified atom stereocenters. The Labute approximate surface area is 133 Å². The van der Waals surface area contributed by atoms with Crippen LogP contribution in [0.1, 0.15) is 57.7 Å². The predicted octanol–water partition coefficient (Wildman–Crippen LogP) is 4.14. The summed E-state index contributed by atoms with van der Waals surface area (Å²) in [6.45, 7) is 9.23. The van der Waals surface area contributed by atoms with Crippen LogP contribution < -0.4 is 0 Å². The van der Waals surface area contributed by atoms with E-state index in [1.165, 1.54) is 12.8 Å². The van der Waals surface area contributed by atoms with E-state index in [-0.39, 0.29) is 12.0 Å². The first kappa shape index (κ1) is 16.8. The van der Waals surface area contributed by atoms with Crippen LogP contribution in [-0.4, -0.2) is 21.5 Å². The van der Waals surface area contributed by atoms with Gasteiger partial charge in [0.1, 0.15) is 5.15 Å². The molecule has 0 amide bonds. The van der Waals surface area contributed by atoms with Gasteiger partial charge in [-0.15, -0.1) is 0 Å². The van der Waals surface area contributed by atoms with Gasteiger partial charge in [0, 0.05) is 19.2 Å². The minimum absolute atomic E-state index is 0.0147. The Balaban J connectivity index is 2.14. The minimum Gasteiger partial charge on any atom is -0.396 e. The van der Waals surface area contributed by atoms with Crippen LogP contribution in [0.5, 0.6) is 0 Å². The fourth-order valence-electron chi connectivity index (χ4n) is 3.74. The highest BCUT2D eigenvalue weighted by molar-refractivity contribution is 6.30. The van der Waals surface area contributed by atoms with Crippen LogP contribution in [0.4, 0.5) is 0 Å². The zero-order chi connectivity index (χ0) is 15.8. The molecule has 0 bridgehead atoms. The van der Waals surface area contributed by atoms with E-state index >= 15 is 0 Å². The normalized spacial score (nSPS) is 27.1. The van der Waals surface area contributed by atoms with Crippen molar-refractivity contribution in [3.8, 4) is 0 Å². The van der Waals surface area contributed by atoms with E-state index in [0.29, 0.717) is 5.41 Å². The van der Waals surface area contributed by atoms with Gasteiger partial charge in [0.05, 0.1) is 5.69 Å². The van der Waals surface area contributed by atoms with E-state index in [9.17, 15) is 5.11 Å². The van der Waals surface area contributed by atoms with Crippen molar-refractivity contribution in [1.29, 1.82) is 0 Å². The number of rotatable bonds is 3. The van der Waals surface area contributed by atoms with Crippen molar-refractivity contribution in [2.45, 2.75) is 59.8 Å². The number of aryl methyl sites for hydroxylation is 2. The monoisotopic (exact) mass is 312 g/mol. The second kappa shape index (κ2) is 5.92. The van der Waals surface area contributed by atoms with E-state index < -0.39 is 0 Å². The van der Waals surface area contributed by atoms with Gasteiger partial charge in [-0.25, -0.2) is 0 Å². The molecule has 1 saturated carbocycles. The lowest BCUT2D eigenvalue weighted by molar-refractivity contribution is 0.0368. The molecule has 1 aliphatic rings. The number of halogens is 1. The lowest BCUT2D eigenvalue weighted by atomic mass is 9.62. The second-order valence-electron chi connectivity index (χ2n) is 7.95. The Morgan fingerprint density at radius 1 is 1.33 bits per heavy atom. The van der Waals surface area contributed by atoms with Gasteiger partial charge in [-0.1, -0.05) is 32.4 Å². The molecule has 3 nitrogen and oxygen atoms in total. The molecule has 0 aliphatic heterocycles. The average molecular weight is 313 g/mol. The molecular formula is C17H29ClN2O. The SMILES string of the molecule is Cc1nn(C)c(Cl)c1CC1(CO)CCC(C(C)(C)C)CC1. The van der Waals surface area contributed by atoms with Crippen molar-refractivity contribution in [3.63, 3.8) is 0 Å². The Hall–Kier alpha value is -0.540. The first-order valence-electron chi connectivity index (χ1n) is 7.97. The molecule has 1 aromatic heterocycles. The lowest BCUT2D eigenvalue weighted by Gasteiger charge is -2.43. The first-order valence-corrected chi connectivity index (χ1v) is 8.35. The van der Waals surface area contributed by atoms with Gasteiger partial charge in [0.15, 0.2) is 0 Å². The van der Waals surface area contributed by atoms with Gasteiger partial charge < -0.3 is 5.11 Å². The standard InChI is InChI=1S/C17H29ClN2O/c1-12-14(15(18)20(5)19-12)10-17(11-21)8-6-13(7-9-17)16(2,3)4/h13,21H,6-11H2,1-5H3. The van der Waals surface area contributed by atoms with E-state index in [4.69, 9.17) is 11.6 Å². The number of aromatic nitrogens is 2. The number of aliphatic hydroxyl groups excluding tert-OH is 1. The maximum Gasteiger partial charge on any atom is 0.130 e. The quantitative estimate of drug-likeness (QED) is 0.911. The highest BCUT2D eigenvalue weighted by Crippen LogP contribution is 2.47. The van der Waals surface area contributed by atoms with Gasteiger partial charge in [0.2, 0.25) is 0 Å². The summed E-state index contributed by atoms with van der Waals surface area (Å²) in [5.41, 5.74) is 2.46. The zero-order valence-corrected chi connectivity index (χ0v) is 14.8. The summed E-state index contributed by atoms with van der Waals surface area (Å²) in [7, 11) is 1.88. The topological polar surface area (TPSA) is 38.0 Å². The molecule has 4 heteroatoms. The summed E-state index contributed by atoms with van der Waals surface area (Å²) in [6, 6.07) is 0. The Kier molecular flexibility index (Phi) is 4.75. The maximum atomic E-state index is 10.0. The molecule has 0 spiro atoms. The van der Waals surface area contributed by atoms with Crippen LogP contribution in [0.3, 0.4) is 0 Å². The number of hydrogen-bond donors (Lipinski definition) is 1. The molecule has 0 atom stereocenters. The van der Waals surface area contributed by atoms with Crippen LogP contribution in [0.15, 0.2) is 0 Å². The molecule has 2 rings (SSSR count). The first-order chi connectivity index (χ1) is 9.68. The number of aliphatic hydroxyl groups is 1. The van der Waals surface area contributed by atoms with Crippen LogP contribution in [-0.2, 0) is 13.5 Å². The number of nitrogens with zero attached hydrogens (tertiary/aromatic N) is 2. The van der Waals surface area contributed by atoms with Gasteiger partial charge >= 0.3 is 0 Å². The summed E-state index contributed by atoms with van der Waals surface area (Å²) >= 11 is 6.37. The van der Waals surface area contributed by atoms with Crippen molar-refractivity contribution < 1.29 is 5.11 Å². The van der Waals surface area contributed by atoms with Gasteiger partial charge in [0.25, 0.3) is 0 Å². The summed E-state index contributed by atoms with van der Waals surface area (Å²) in [4.78, 5) is 0. The third kappa shape index (κ3) is 3.45. The summed E-state index contributed by atoms with van der Waals surface area (Å²) < 4.78 is 1.73. The third-order valence-electron chi connectivity index (χ3n) is 5.43. The molecule has 1 N–H and O–H groups in total. The zero-order valence-electron chi connectivity index (χ0n) is 14.0. The maximum absolute atomic E-state index is 10.0. The molecular weight excluding hydrogens is 284 g/mol. The summed E-state index contributed by atoms with van der Waals surface area (Å²) in [5, 5.41) is 15.1. The van der Waals surface area contributed by atoms with Crippen molar-refractivity contribution in [2.24, 2.45) is 23.8 Å². The van der Waals surface area contributed by atoms with Gasteiger partial charge in [-0.3, -0.25) is 4.68 Å². The van der Waals surface area contributed by atoms with Crippen molar-refractivity contribution in [1.82, 2.24) is 9.78 Å². The Morgan fingerprint density at radius 2 is 1.90 bits per heavy atom. The van der Waals surface area contributed by atoms with Crippen molar-refractivity contribution in [3.05, 3.63) is 16.4 Å². The fraction of sp³-hybridized carbons (Fsp3) is 0.824. The second-order valence-corrected chi connectivity index (χ2v) is 8.31. The molecule has 120 valence electrons. The van der Waals surface area contributed by atoms with Crippen LogP contribution in [0.2, 0.25) is 5.15 Å². The largest absolute Gasteiger partial charge is 0.396 e. The van der Waals surface area contributed by atoms with Crippen LogP contribution >= 0.6 is 11.6 Å². The van der Waals surface area contributed by atoms with E-state index in [0.717, 1.165) is 41.6 Å². The van der Waals surface area contributed by atoms with E-state index in [1.54, 1.807) is 4.68 Å². The third-order valence-corrected chi connectivity index (χ3v) is 5.90. The number of hydrogen-bond acceptors (Lipinski definition) is 2. The van der Waals surface area contributed by atoms with Crippen LogP contribution in [0, 0.1) is 23.7 Å². The van der Waals surface area contributed by atoms with Crippen LogP contribution in [0.25, 0.3) is 0 Å². The molecule has 0 aromatic carbocycles. The fourth-order valence-corrected chi connectivity index (χ4v) is 3.98. The highest BCUT2D eigenvalue weighted by Gasteiger charge is 2.39. The van der Waals surface area contributed by atoms with Crippen molar-refractivity contribution >= 4 is 11.6 Å². The smallest absolute Gasteiger partial charge is 0.130 e. The molecule has 1 fully saturated rings. The van der Waals surface area contributed by atoms with E-state index in [2.05, 4.69) is 25.9 Å². The molecule has 21 heavy (non-hydrogen) atoms. The molecule has 0 saturated heterocycles. The molecule has 1 aromatic rings. The molecule has 1 aliphatic carbocycles. The minimum atomic E-state index is -0.0147. The Bertz CT molecular complexity index is 494. The molecule has 0 radical (unpaired) electrons. The van der Waals surface area contributed by atoms with Gasteiger partial charge in [-0.05, 0) is 55.8 Å². The average Bonchev–Trinajstić information content (AvgIpc) is 2.65. The lowest BCUT2D eigenvalue weighted by Crippen LogP contribution is -2.36. The molecule has 1 heterocycles. The highest BCUT2D eigenvalue weighted by atomic mass is 35.5. The van der Waals surface area contributed by atoms with Crippen molar-refractivity contribution in [2.75, 3.05) is 6.61 Å². The van der Waals surface area contributed by atoms with Gasteiger partial charge in [-0.2, -0.15) is 5.10 Å². The van der Waals surface area contributed by atoms with E-state index in [1.807, 2.05) is 14.0 Å².